The van der Waals surface area contributed by atoms with Crippen LogP contribution in [-0.4, -0.2) is 38.4 Å². The lowest BCUT2D eigenvalue weighted by atomic mass is 9.88. The minimum atomic E-state index is -4.52. The number of hydrogen-bond donors (Lipinski definition) is 1. The molecule has 0 saturated carbocycles. The molecule has 3 rings (SSSR count). The van der Waals surface area contributed by atoms with Crippen molar-refractivity contribution in [1.29, 1.82) is 0 Å². The summed E-state index contributed by atoms with van der Waals surface area (Å²) in [5.41, 5.74) is 2.06. The van der Waals surface area contributed by atoms with Crippen molar-refractivity contribution in [1.82, 2.24) is 9.62 Å². The van der Waals surface area contributed by atoms with E-state index in [1.165, 1.54) is 35.6 Å². The minimum absolute atomic E-state index is 0.0181. The molecule has 0 aliphatic heterocycles. The van der Waals surface area contributed by atoms with Crippen LogP contribution in [0.5, 0.6) is 0 Å². The van der Waals surface area contributed by atoms with Crippen LogP contribution in [0.4, 0.5) is 13.2 Å². The Morgan fingerprint density at radius 3 is 2.45 bits per heavy atom. The number of rotatable bonds is 5. The summed E-state index contributed by atoms with van der Waals surface area (Å²) in [5.74, 6) is -0.916. The number of nitrogens with zero attached hydrogens (tertiary/aromatic N) is 1. The molecular weight excluding hydrogens is 405 g/mol. The molecule has 0 saturated heterocycles. The molecule has 5 nitrogen and oxygen atoms in total. The van der Waals surface area contributed by atoms with Crippen molar-refractivity contribution in [2.24, 2.45) is 0 Å². The Morgan fingerprint density at radius 1 is 1.14 bits per heavy atom. The van der Waals surface area contributed by atoms with Gasteiger partial charge in [0.2, 0.25) is 10.0 Å². The molecule has 0 bridgehead atoms. The second-order valence-corrected chi connectivity index (χ2v) is 8.95. The second-order valence-electron chi connectivity index (χ2n) is 6.95. The van der Waals surface area contributed by atoms with Gasteiger partial charge in [0.1, 0.15) is 6.54 Å². The number of halogens is 3. The van der Waals surface area contributed by atoms with E-state index >= 15 is 0 Å². The van der Waals surface area contributed by atoms with Crippen molar-refractivity contribution in [3.05, 3.63) is 65.2 Å². The van der Waals surface area contributed by atoms with Gasteiger partial charge < -0.3 is 5.32 Å². The van der Waals surface area contributed by atoms with E-state index in [1.54, 1.807) is 5.32 Å². The maximum Gasteiger partial charge on any atom is 0.405 e. The first-order chi connectivity index (χ1) is 13.6. The van der Waals surface area contributed by atoms with Crippen molar-refractivity contribution >= 4 is 15.9 Å². The molecule has 2 aromatic carbocycles. The highest BCUT2D eigenvalue weighted by molar-refractivity contribution is 7.89. The van der Waals surface area contributed by atoms with Gasteiger partial charge in [-0.25, -0.2) is 8.42 Å². The standard InChI is InChI=1S/C20H21F3N2O3S/c1-25(18-8-4-6-14-5-2-3-7-17(14)18)29(27,28)16-11-9-15(10-12-16)19(26)24-13-20(21,22)23/h2-3,5,7,9-12,18H,4,6,8,13H2,1H3,(H,24,26)/t18-/m0/s1. The summed E-state index contributed by atoms with van der Waals surface area (Å²) in [6.07, 6.45) is -2.04. The van der Waals surface area contributed by atoms with Gasteiger partial charge in [-0.1, -0.05) is 24.3 Å². The largest absolute Gasteiger partial charge is 0.405 e. The van der Waals surface area contributed by atoms with Crippen LogP contribution in [0.2, 0.25) is 0 Å². The van der Waals surface area contributed by atoms with Crippen LogP contribution in [0, 0.1) is 0 Å². The molecule has 1 aliphatic rings. The number of amides is 1. The number of fused-ring (bicyclic) bond motifs is 1. The second kappa shape index (κ2) is 8.16. The van der Waals surface area contributed by atoms with E-state index < -0.39 is 28.7 Å². The Bertz CT molecular complexity index is 989. The monoisotopic (exact) mass is 426 g/mol. The summed E-state index contributed by atoms with van der Waals surface area (Å²) in [7, 11) is -2.32. The highest BCUT2D eigenvalue weighted by Crippen LogP contribution is 2.36. The van der Waals surface area contributed by atoms with E-state index in [-0.39, 0.29) is 16.5 Å². The van der Waals surface area contributed by atoms with E-state index in [1.807, 2.05) is 24.3 Å². The fourth-order valence-corrected chi connectivity index (χ4v) is 4.87. The zero-order valence-electron chi connectivity index (χ0n) is 15.7. The smallest absolute Gasteiger partial charge is 0.343 e. The average molecular weight is 426 g/mol. The van der Waals surface area contributed by atoms with Gasteiger partial charge in [-0.2, -0.15) is 17.5 Å². The third-order valence-electron chi connectivity index (χ3n) is 5.02. The number of hydrogen-bond acceptors (Lipinski definition) is 3. The molecule has 0 aromatic heterocycles. The summed E-state index contributed by atoms with van der Waals surface area (Å²) >= 11 is 0. The lowest BCUT2D eigenvalue weighted by Crippen LogP contribution is -2.34. The quantitative estimate of drug-likeness (QED) is 0.793. The van der Waals surface area contributed by atoms with E-state index in [4.69, 9.17) is 0 Å². The first-order valence-electron chi connectivity index (χ1n) is 9.10. The molecule has 1 N–H and O–H groups in total. The predicted octanol–water partition coefficient (Wildman–Crippen LogP) is 3.68. The summed E-state index contributed by atoms with van der Waals surface area (Å²) in [4.78, 5) is 11.8. The summed E-state index contributed by atoms with van der Waals surface area (Å²) in [5, 5.41) is 1.76. The van der Waals surface area contributed by atoms with E-state index in [0.29, 0.717) is 6.42 Å². The minimum Gasteiger partial charge on any atom is -0.343 e. The number of nitrogens with one attached hydrogen (secondary N) is 1. The highest BCUT2D eigenvalue weighted by atomic mass is 32.2. The molecular formula is C20H21F3N2O3S. The van der Waals surface area contributed by atoms with E-state index in [9.17, 15) is 26.4 Å². The molecule has 1 atom stereocenters. The Kier molecular flexibility index (Phi) is 6.00. The molecule has 0 fully saturated rings. The van der Waals surface area contributed by atoms with E-state index in [2.05, 4.69) is 0 Å². The van der Waals surface area contributed by atoms with Gasteiger partial charge in [0, 0.05) is 18.7 Å². The number of aryl methyl sites for hydroxylation is 1. The summed E-state index contributed by atoms with van der Waals surface area (Å²) in [6, 6.07) is 12.3. The molecule has 1 aliphatic carbocycles. The third kappa shape index (κ3) is 4.79. The summed E-state index contributed by atoms with van der Waals surface area (Å²) in [6.45, 7) is -1.45. The lowest BCUT2D eigenvalue weighted by Gasteiger charge is -2.32. The molecule has 0 heterocycles. The Hall–Kier alpha value is -2.39. The van der Waals surface area contributed by atoms with Gasteiger partial charge in [-0.05, 0) is 54.7 Å². The van der Waals surface area contributed by atoms with Crippen LogP contribution in [0.3, 0.4) is 0 Å². The Labute approximate surface area is 167 Å². The maximum absolute atomic E-state index is 13.1. The van der Waals surface area contributed by atoms with E-state index in [0.717, 1.165) is 24.0 Å². The normalized spacial score (nSPS) is 17.1. The Balaban J connectivity index is 1.79. The van der Waals surface area contributed by atoms with Crippen molar-refractivity contribution in [3.8, 4) is 0 Å². The number of benzene rings is 2. The molecule has 0 spiro atoms. The van der Waals surface area contributed by atoms with Crippen LogP contribution in [-0.2, 0) is 16.4 Å². The fraction of sp³-hybridized carbons (Fsp3) is 0.350. The lowest BCUT2D eigenvalue weighted by molar-refractivity contribution is -0.123. The van der Waals surface area contributed by atoms with Crippen molar-refractivity contribution < 1.29 is 26.4 Å². The number of alkyl halides is 3. The van der Waals surface area contributed by atoms with Gasteiger partial charge in [-0.15, -0.1) is 0 Å². The van der Waals surface area contributed by atoms with Crippen LogP contribution in [0.15, 0.2) is 53.4 Å². The number of carbonyl (C=O) groups excluding carboxylic acids is 1. The zero-order valence-corrected chi connectivity index (χ0v) is 16.6. The Morgan fingerprint density at radius 2 is 1.79 bits per heavy atom. The van der Waals surface area contributed by atoms with Crippen LogP contribution >= 0.6 is 0 Å². The molecule has 0 radical (unpaired) electrons. The number of carbonyl (C=O) groups is 1. The van der Waals surface area contributed by atoms with Crippen molar-refractivity contribution in [3.63, 3.8) is 0 Å². The fourth-order valence-electron chi connectivity index (χ4n) is 3.50. The molecule has 29 heavy (non-hydrogen) atoms. The maximum atomic E-state index is 13.1. The molecule has 2 aromatic rings. The zero-order chi connectivity index (χ0) is 21.2. The molecule has 9 heteroatoms. The van der Waals surface area contributed by atoms with Crippen LogP contribution in [0.1, 0.15) is 40.4 Å². The third-order valence-corrected chi connectivity index (χ3v) is 6.90. The highest BCUT2D eigenvalue weighted by Gasteiger charge is 2.32. The first kappa shape index (κ1) is 21.3. The topological polar surface area (TPSA) is 66.5 Å². The van der Waals surface area contributed by atoms with Crippen LogP contribution in [0.25, 0.3) is 0 Å². The van der Waals surface area contributed by atoms with Crippen LogP contribution < -0.4 is 5.32 Å². The predicted molar refractivity (Wildman–Crippen MR) is 102 cm³/mol. The van der Waals surface area contributed by atoms with Gasteiger partial charge >= 0.3 is 6.18 Å². The summed E-state index contributed by atoms with van der Waals surface area (Å²) < 4.78 is 64.1. The van der Waals surface area contributed by atoms with Gasteiger partial charge in [0.25, 0.3) is 5.91 Å². The molecule has 0 unspecified atom stereocenters. The SMILES string of the molecule is CN([C@H]1CCCc2ccccc21)S(=O)(=O)c1ccc(C(=O)NCC(F)(F)F)cc1. The molecule has 156 valence electrons. The van der Waals surface area contributed by atoms with Gasteiger partial charge in [0.05, 0.1) is 4.90 Å². The van der Waals surface area contributed by atoms with Crippen molar-refractivity contribution in [2.45, 2.75) is 36.4 Å². The average Bonchev–Trinajstić information content (AvgIpc) is 2.70. The number of sulfonamides is 1. The van der Waals surface area contributed by atoms with Gasteiger partial charge in [-0.3, -0.25) is 4.79 Å². The first-order valence-corrected chi connectivity index (χ1v) is 10.5. The van der Waals surface area contributed by atoms with Crippen molar-refractivity contribution in [2.75, 3.05) is 13.6 Å². The molecule has 1 amide bonds. The van der Waals surface area contributed by atoms with Gasteiger partial charge in [0.15, 0.2) is 0 Å².